The Morgan fingerprint density at radius 3 is 2.58 bits per heavy atom. The number of hydrogen-bond acceptors (Lipinski definition) is 5. The summed E-state index contributed by atoms with van der Waals surface area (Å²) in [5.74, 6) is -0.468. The van der Waals surface area contributed by atoms with Crippen LogP contribution in [0.1, 0.15) is 35.8 Å². The van der Waals surface area contributed by atoms with Gasteiger partial charge in [-0.3, -0.25) is 0 Å². The Kier molecular flexibility index (Phi) is 5.15. The van der Waals surface area contributed by atoms with Gasteiger partial charge in [-0.05, 0) is 56.1 Å². The van der Waals surface area contributed by atoms with Gasteiger partial charge < -0.3 is 15.5 Å². The van der Waals surface area contributed by atoms with Crippen LogP contribution in [0.15, 0.2) is 24.3 Å². The molecule has 140 valence electrons. The second-order valence-electron chi connectivity index (χ2n) is 6.58. The molecule has 2 unspecified atom stereocenters. The van der Waals surface area contributed by atoms with Crippen LogP contribution >= 0.6 is 0 Å². The normalized spacial score (nSPS) is 19.3. The molecule has 8 heteroatoms. The first-order valence-corrected chi connectivity index (χ1v) is 8.41. The number of nitrogens with one attached hydrogen (secondary N) is 1. The molecule has 1 saturated heterocycles. The third-order valence-electron chi connectivity index (χ3n) is 4.67. The average Bonchev–Trinajstić information content (AvgIpc) is 2.61. The number of aliphatic hydroxyl groups is 1. The number of aromatic nitrogens is 2. The Hall–Kier alpha value is -2.19. The Morgan fingerprint density at radius 2 is 2.00 bits per heavy atom. The van der Waals surface area contributed by atoms with Gasteiger partial charge in [0.25, 0.3) is 0 Å². The van der Waals surface area contributed by atoms with Gasteiger partial charge >= 0.3 is 6.18 Å². The van der Waals surface area contributed by atoms with Crippen molar-refractivity contribution in [2.75, 3.05) is 13.1 Å². The molecule has 0 amide bonds. The van der Waals surface area contributed by atoms with E-state index in [0.29, 0.717) is 23.9 Å². The third-order valence-corrected chi connectivity index (χ3v) is 4.67. The molecule has 3 N–H and O–H groups in total. The van der Waals surface area contributed by atoms with Crippen molar-refractivity contribution in [2.45, 2.75) is 32.0 Å². The summed E-state index contributed by atoms with van der Waals surface area (Å²) in [7, 11) is 0. The Bertz CT molecular complexity index is 790. The molecule has 0 bridgehead atoms. The monoisotopic (exact) mass is 367 g/mol. The van der Waals surface area contributed by atoms with Gasteiger partial charge in [0.1, 0.15) is 11.9 Å². The number of alkyl halides is 3. The van der Waals surface area contributed by atoms with E-state index in [1.165, 1.54) is 6.07 Å². The molecule has 1 aliphatic heterocycles. The predicted molar refractivity (Wildman–Crippen MR) is 89.4 cm³/mol. The van der Waals surface area contributed by atoms with Gasteiger partial charge in [0.15, 0.2) is 0 Å². The highest BCUT2D eigenvalue weighted by Crippen LogP contribution is 2.37. The number of aliphatic hydroxyl groups excluding tert-OH is 1. The van der Waals surface area contributed by atoms with Crippen LogP contribution in [-0.4, -0.2) is 33.5 Å². The Morgan fingerprint density at radius 1 is 1.23 bits per heavy atom. The summed E-state index contributed by atoms with van der Waals surface area (Å²) in [4.78, 5) is 0. The molecular formula is C18H20F3N3O2. The standard InChI is InChI=1S/C18H20F3N3O2/c1-10-7-14(17(26)11-3-2-6-22-9-11)23-24-16(10)13-5-4-12(8-15(13)25)18(19,20)21/h4-5,7-8,11,17,22,25-26H,2-3,6,9H2,1H3. The van der Waals surface area contributed by atoms with E-state index in [4.69, 9.17) is 0 Å². The zero-order chi connectivity index (χ0) is 18.9. The first-order valence-electron chi connectivity index (χ1n) is 8.41. The number of halogens is 3. The molecular weight excluding hydrogens is 347 g/mol. The summed E-state index contributed by atoms with van der Waals surface area (Å²) in [5.41, 5.74) is 0.567. The fourth-order valence-corrected chi connectivity index (χ4v) is 3.21. The fourth-order valence-electron chi connectivity index (χ4n) is 3.21. The second kappa shape index (κ2) is 7.20. The molecule has 1 aromatic heterocycles. The Labute approximate surface area is 148 Å². The number of hydrogen-bond donors (Lipinski definition) is 3. The van der Waals surface area contributed by atoms with Crippen molar-refractivity contribution in [3.8, 4) is 17.0 Å². The minimum absolute atomic E-state index is 0.0442. The van der Waals surface area contributed by atoms with Crippen LogP contribution in [0, 0.1) is 12.8 Å². The van der Waals surface area contributed by atoms with E-state index in [-0.39, 0.29) is 17.2 Å². The largest absolute Gasteiger partial charge is 0.507 e. The van der Waals surface area contributed by atoms with Gasteiger partial charge in [0.05, 0.1) is 17.0 Å². The SMILES string of the molecule is Cc1cc(C(O)C2CCCNC2)nnc1-c1ccc(C(F)(F)F)cc1O. The van der Waals surface area contributed by atoms with Crippen molar-refractivity contribution in [1.82, 2.24) is 15.5 Å². The lowest BCUT2D eigenvalue weighted by Crippen LogP contribution is -2.33. The molecule has 0 saturated carbocycles. The molecule has 3 rings (SSSR count). The van der Waals surface area contributed by atoms with Gasteiger partial charge in [0, 0.05) is 18.0 Å². The predicted octanol–water partition coefficient (Wildman–Crippen LogP) is 3.21. The quantitative estimate of drug-likeness (QED) is 0.777. The molecule has 0 spiro atoms. The van der Waals surface area contributed by atoms with Crippen molar-refractivity contribution >= 4 is 0 Å². The summed E-state index contributed by atoms with van der Waals surface area (Å²) in [6.45, 7) is 3.35. The molecule has 1 aliphatic rings. The highest BCUT2D eigenvalue weighted by atomic mass is 19.4. The van der Waals surface area contributed by atoms with Crippen LogP contribution in [0.4, 0.5) is 13.2 Å². The van der Waals surface area contributed by atoms with Gasteiger partial charge in [-0.2, -0.15) is 18.3 Å². The Balaban J connectivity index is 1.88. The number of benzene rings is 1. The van der Waals surface area contributed by atoms with E-state index in [1.807, 2.05) is 0 Å². The zero-order valence-electron chi connectivity index (χ0n) is 14.2. The molecule has 26 heavy (non-hydrogen) atoms. The maximum atomic E-state index is 12.7. The minimum Gasteiger partial charge on any atom is -0.507 e. The van der Waals surface area contributed by atoms with Crippen LogP contribution in [0.5, 0.6) is 5.75 Å². The topological polar surface area (TPSA) is 78.3 Å². The summed E-state index contributed by atoms with van der Waals surface area (Å²) < 4.78 is 38.2. The zero-order valence-corrected chi connectivity index (χ0v) is 14.2. The van der Waals surface area contributed by atoms with E-state index in [1.54, 1.807) is 13.0 Å². The summed E-state index contributed by atoms with van der Waals surface area (Å²) in [6.07, 6.45) is -3.43. The number of aromatic hydroxyl groups is 1. The number of piperidine rings is 1. The number of nitrogens with zero attached hydrogens (tertiary/aromatic N) is 2. The van der Waals surface area contributed by atoms with Crippen molar-refractivity contribution in [1.29, 1.82) is 0 Å². The fraction of sp³-hybridized carbons (Fsp3) is 0.444. The van der Waals surface area contributed by atoms with Gasteiger partial charge in [-0.15, -0.1) is 5.10 Å². The smallest absolute Gasteiger partial charge is 0.416 e. The lowest BCUT2D eigenvalue weighted by atomic mass is 9.91. The van der Waals surface area contributed by atoms with Crippen molar-refractivity contribution in [3.63, 3.8) is 0 Å². The van der Waals surface area contributed by atoms with Gasteiger partial charge in [0.2, 0.25) is 0 Å². The van der Waals surface area contributed by atoms with Crippen LogP contribution < -0.4 is 5.32 Å². The lowest BCUT2D eigenvalue weighted by molar-refractivity contribution is -0.137. The van der Waals surface area contributed by atoms with Crippen LogP contribution in [-0.2, 0) is 6.18 Å². The molecule has 2 atom stereocenters. The molecule has 1 fully saturated rings. The van der Waals surface area contributed by atoms with Crippen molar-refractivity contribution < 1.29 is 23.4 Å². The van der Waals surface area contributed by atoms with Crippen molar-refractivity contribution in [3.05, 3.63) is 41.1 Å². The first kappa shape index (κ1) is 18.6. The van der Waals surface area contributed by atoms with E-state index in [2.05, 4.69) is 15.5 Å². The minimum atomic E-state index is -4.53. The summed E-state index contributed by atoms with van der Waals surface area (Å²) >= 11 is 0. The van der Waals surface area contributed by atoms with Crippen molar-refractivity contribution in [2.24, 2.45) is 5.92 Å². The highest BCUT2D eigenvalue weighted by Gasteiger charge is 2.31. The summed E-state index contributed by atoms with van der Waals surface area (Å²) in [5, 5.41) is 31.8. The number of aryl methyl sites for hydroxylation is 1. The van der Waals surface area contributed by atoms with E-state index < -0.39 is 23.6 Å². The third kappa shape index (κ3) is 3.81. The van der Waals surface area contributed by atoms with E-state index >= 15 is 0 Å². The van der Waals surface area contributed by atoms with E-state index in [9.17, 15) is 23.4 Å². The molecule has 0 radical (unpaired) electrons. The second-order valence-corrected chi connectivity index (χ2v) is 6.58. The average molecular weight is 367 g/mol. The molecule has 2 aromatic rings. The molecule has 2 heterocycles. The van der Waals surface area contributed by atoms with Crippen LogP contribution in [0.3, 0.4) is 0 Å². The van der Waals surface area contributed by atoms with Crippen LogP contribution in [0.25, 0.3) is 11.3 Å². The van der Waals surface area contributed by atoms with E-state index in [0.717, 1.165) is 25.5 Å². The number of rotatable bonds is 3. The maximum Gasteiger partial charge on any atom is 0.416 e. The van der Waals surface area contributed by atoms with Crippen LogP contribution in [0.2, 0.25) is 0 Å². The molecule has 1 aromatic carbocycles. The lowest BCUT2D eigenvalue weighted by Gasteiger charge is -2.27. The maximum absolute atomic E-state index is 12.7. The highest BCUT2D eigenvalue weighted by molar-refractivity contribution is 5.69. The number of phenolic OH excluding ortho intramolecular Hbond substituents is 1. The molecule has 0 aliphatic carbocycles. The van der Waals surface area contributed by atoms with Gasteiger partial charge in [-0.1, -0.05) is 0 Å². The molecule has 5 nitrogen and oxygen atoms in total. The summed E-state index contributed by atoms with van der Waals surface area (Å²) in [6, 6.07) is 4.41. The number of phenols is 1. The first-order chi connectivity index (χ1) is 12.3. The van der Waals surface area contributed by atoms with Gasteiger partial charge in [-0.25, -0.2) is 0 Å².